The van der Waals surface area contributed by atoms with E-state index in [0.717, 1.165) is 0 Å². The zero-order valence-corrected chi connectivity index (χ0v) is 9.58. The summed E-state index contributed by atoms with van der Waals surface area (Å²) in [7, 11) is -1.19. The summed E-state index contributed by atoms with van der Waals surface area (Å²) in [5, 5.41) is 0. The van der Waals surface area contributed by atoms with Gasteiger partial charge in [0, 0.05) is 14.2 Å². The lowest BCUT2D eigenvalue weighted by molar-refractivity contribution is -0.154. The molecule has 7 heteroatoms. The predicted molar refractivity (Wildman–Crippen MR) is 48.5 cm³/mol. The third kappa shape index (κ3) is 4.72. The maximum absolute atomic E-state index is 11.2. The van der Waals surface area contributed by atoms with Gasteiger partial charge in [0.25, 0.3) is 0 Å². The minimum absolute atomic E-state index is 0.261. The molecule has 0 aromatic heterocycles. The Kier molecular flexibility index (Phi) is 5.95. The second-order valence-corrected chi connectivity index (χ2v) is 4.56. The molecule has 0 unspecified atom stereocenters. The number of ether oxygens (including phenoxy) is 1. The molecule has 14 heavy (non-hydrogen) atoms. The van der Waals surface area contributed by atoms with Gasteiger partial charge in [-0.2, -0.15) is 0 Å². The van der Waals surface area contributed by atoms with Gasteiger partial charge < -0.3 is 4.74 Å². The third-order valence-electron chi connectivity index (χ3n) is 1.33. The van der Waals surface area contributed by atoms with Crippen LogP contribution in [0.15, 0.2) is 0 Å². The van der Waals surface area contributed by atoms with Crippen molar-refractivity contribution in [3.05, 3.63) is 0 Å². The lowest BCUT2D eigenvalue weighted by Gasteiger charge is -2.13. The molecule has 0 aromatic carbocycles. The molecule has 0 aliphatic heterocycles. The highest BCUT2D eigenvalue weighted by molar-refractivity contribution is 7.48. The van der Waals surface area contributed by atoms with E-state index in [1.54, 1.807) is 13.8 Å². The van der Waals surface area contributed by atoms with Crippen LogP contribution in [0.25, 0.3) is 0 Å². The molecule has 0 aliphatic rings. The number of carbonyl (C=O) groups is 1. The number of carbonyl (C=O) groups excluding carboxylic acids is 1. The van der Waals surface area contributed by atoms with Crippen molar-refractivity contribution < 1.29 is 27.7 Å². The Bertz CT molecular complexity index is 218. The molecule has 0 bridgehead atoms. The third-order valence-corrected chi connectivity index (χ3v) is 2.65. The highest BCUT2D eigenvalue weighted by Crippen LogP contribution is 2.47. The number of phosphoric acid groups is 1. The van der Waals surface area contributed by atoms with Gasteiger partial charge in [0.1, 0.15) is 0 Å². The maximum atomic E-state index is 11.2. The first-order chi connectivity index (χ1) is 6.45. The van der Waals surface area contributed by atoms with Gasteiger partial charge >= 0.3 is 13.8 Å². The van der Waals surface area contributed by atoms with E-state index >= 15 is 0 Å². The van der Waals surface area contributed by atoms with Crippen molar-refractivity contribution in [3.63, 3.8) is 0 Å². The SMILES string of the molecule is COP(=O)(OC)OCOC(=O)C(C)C. The van der Waals surface area contributed by atoms with Crippen LogP contribution in [-0.4, -0.2) is 27.0 Å². The fourth-order valence-electron chi connectivity index (χ4n) is 0.496. The normalized spacial score (nSPS) is 11.8. The van der Waals surface area contributed by atoms with Gasteiger partial charge in [-0.3, -0.25) is 13.8 Å². The van der Waals surface area contributed by atoms with E-state index in [1.165, 1.54) is 14.2 Å². The van der Waals surface area contributed by atoms with Gasteiger partial charge in [-0.1, -0.05) is 13.8 Å². The summed E-state index contributed by atoms with van der Waals surface area (Å²) < 4.78 is 29.4. The van der Waals surface area contributed by atoms with Gasteiger partial charge in [-0.15, -0.1) is 0 Å². The molecule has 0 N–H and O–H groups in total. The lowest BCUT2D eigenvalue weighted by atomic mass is 10.2. The van der Waals surface area contributed by atoms with E-state index in [-0.39, 0.29) is 5.92 Å². The minimum Gasteiger partial charge on any atom is -0.438 e. The highest BCUT2D eigenvalue weighted by atomic mass is 31.2. The van der Waals surface area contributed by atoms with Crippen molar-refractivity contribution in [1.29, 1.82) is 0 Å². The van der Waals surface area contributed by atoms with E-state index in [0.29, 0.717) is 0 Å². The smallest absolute Gasteiger partial charge is 0.438 e. The van der Waals surface area contributed by atoms with Gasteiger partial charge in [0.2, 0.25) is 6.79 Å². The van der Waals surface area contributed by atoms with Crippen LogP contribution in [0.4, 0.5) is 0 Å². The first-order valence-electron chi connectivity index (χ1n) is 3.98. The van der Waals surface area contributed by atoms with Crippen LogP contribution in [0, 0.1) is 5.92 Å². The molecule has 0 saturated carbocycles. The molecule has 84 valence electrons. The Morgan fingerprint density at radius 3 is 2.14 bits per heavy atom. The van der Waals surface area contributed by atoms with Crippen molar-refractivity contribution in [2.24, 2.45) is 5.92 Å². The van der Waals surface area contributed by atoms with Crippen LogP contribution in [0.5, 0.6) is 0 Å². The molecule has 0 aliphatic carbocycles. The molecule has 0 atom stereocenters. The topological polar surface area (TPSA) is 71.1 Å². The van der Waals surface area contributed by atoms with E-state index in [4.69, 9.17) is 0 Å². The van der Waals surface area contributed by atoms with Crippen molar-refractivity contribution in [1.82, 2.24) is 0 Å². The summed E-state index contributed by atoms with van der Waals surface area (Å²) in [6, 6.07) is 0. The zero-order chi connectivity index (χ0) is 11.2. The lowest BCUT2D eigenvalue weighted by Crippen LogP contribution is -2.13. The first-order valence-corrected chi connectivity index (χ1v) is 5.44. The summed E-state index contributed by atoms with van der Waals surface area (Å²) >= 11 is 0. The Morgan fingerprint density at radius 2 is 1.79 bits per heavy atom. The molecule has 6 nitrogen and oxygen atoms in total. The van der Waals surface area contributed by atoms with Crippen LogP contribution >= 0.6 is 7.82 Å². The zero-order valence-electron chi connectivity index (χ0n) is 8.68. The summed E-state index contributed by atoms with van der Waals surface area (Å²) in [4.78, 5) is 10.9. The van der Waals surface area contributed by atoms with Crippen LogP contribution < -0.4 is 0 Å². The summed E-state index contributed by atoms with van der Waals surface area (Å²) in [5.74, 6) is -0.702. The van der Waals surface area contributed by atoms with Crippen molar-refractivity contribution >= 4 is 13.8 Å². The van der Waals surface area contributed by atoms with Crippen LogP contribution in [0.2, 0.25) is 0 Å². The van der Waals surface area contributed by atoms with E-state index in [1.807, 2.05) is 0 Å². The molecule has 0 rings (SSSR count). The van der Waals surface area contributed by atoms with Gasteiger partial charge in [-0.05, 0) is 0 Å². The minimum atomic E-state index is -3.54. The van der Waals surface area contributed by atoms with E-state index in [9.17, 15) is 9.36 Å². The average Bonchev–Trinajstić information content (AvgIpc) is 2.17. The number of esters is 1. The summed E-state index contributed by atoms with van der Waals surface area (Å²) in [5.41, 5.74) is 0. The molecule has 0 amide bonds. The standard InChI is InChI=1S/C7H15O6P/c1-6(2)7(8)12-5-13-14(9,10-3)11-4/h6H,5H2,1-4H3. The van der Waals surface area contributed by atoms with Crippen molar-refractivity contribution in [2.75, 3.05) is 21.0 Å². The molecular formula is C7H15O6P. The molecule has 0 saturated heterocycles. The highest BCUT2D eigenvalue weighted by Gasteiger charge is 2.23. The Balaban J connectivity index is 3.84. The van der Waals surface area contributed by atoms with Gasteiger partial charge in [-0.25, -0.2) is 9.09 Å². The number of hydrogen-bond acceptors (Lipinski definition) is 6. The Morgan fingerprint density at radius 1 is 1.29 bits per heavy atom. The van der Waals surface area contributed by atoms with Crippen LogP contribution in [0.3, 0.4) is 0 Å². The van der Waals surface area contributed by atoms with Crippen LogP contribution in [0.1, 0.15) is 13.8 Å². The van der Waals surface area contributed by atoms with E-state index in [2.05, 4.69) is 18.3 Å². The number of rotatable bonds is 6. The Hall–Kier alpha value is -0.420. The monoisotopic (exact) mass is 226 g/mol. The van der Waals surface area contributed by atoms with Gasteiger partial charge in [0.15, 0.2) is 0 Å². The fraction of sp³-hybridized carbons (Fsp3) is 0.857. The van der Waals surface area contributed by atoms with Crippen molar-refractivity contribution in [3.8, 4) is 0 Å². The molecular weight excluding hydrogens is 211 g/mol. The Labute approximate surface area is 83.1 Å². The largest absolute Gasteiger partial charge is 0.477 e. The average molecular weight is 226 g/mol. The fourth-order valence-corrected chi connectivity index (χ4v) is 1.04. The number of phosphoric ester groups is 1. The number of hydrogen-bond donors (Lipinski definition) is 0. The predicted octanol–water partition coefficient (Wildman–Crippen LogP) is 1.56. The second kappa shape index (κ2) is 6.14. The summed E-state index contributed by atoms with van der Waals surface area (Å²) in [6.07, 6.45) is 0. The molecule has 0 aromatic rings. The molecule has 0 radical (unpaired) electrons. The first kappa shape index (κ1) is 13.6. The molecule has 0 heterocycles. The van der Waals surface area contributed by atoms with Crippen LogP contribution in [-0.2, 0) is 27.7 Å². The van der Waals surface area contributed by atoms with E-state index < -0.39 is 20.6 Å². The van der Waals surface area contributed by atoms with Gasteiger partial charge in [0.05, 0.1) is 5.92 Å². The molecule has 0 spiro atoms. The quantitative estimate of drug-likeness (QED) is 0.389. The maximum Gasteiger partial charge on any atom is 0.477 e. The molecule has 0 fully saturated rings. The van der Waals surface area contributed by atoms with Crippen molar-refractivity contribution in [2.45, 2.75) is 13.8 Å². The second-order valence-electron chi connectivity index (χ2n) is 2.68. The summed E-state index contributed by atoms with van der Waals surface area (Å²) in [6.45, 7) is 2.90.